The maximum atomic E-state index is 6.00. The number of fused-ring (bicyclic) bond motifs is 14. The Kier molecular flexibility index (Phi) is 10.1. The van der Waals surface area contributed by atoms with Gasteiger partial charge in [-0.2, -0.15) is 0 Å². The Morgan fingerprint density at radius 1 is 0.309 bits per heavy atom. The van der Waals surface area contributed by atoms with E-state index in [9.17, 15) is 0 Å². The molecular weight excluding hydrogens is 987 g/mol. The van der Waals surface area contributed by atoms with Crippen LogP contribution in [0.15, 0.2) is 231 Å². The van der Waals surface area contributed by atoms with Gasteiger partial charge in [0.1, 0.15) is 5.82 Å². The van der Waals surface area contributed by atoms with Crippen molar-refractivity contribution >= 4 is 87.2 Å². The second-order valence-electron chi connectivity index (χ2n) is 23.6. The lowest BCUT2D eigenvalue weighted by atomic mass is 9.56. The van der Waals surface area contributed by atoms with Crippen LogP contribution in [0.4, 0.5) is 0 Å². The average molecular weight is 1040 g/mol. The minimum absolute atomic E-state index is 0.235. The molecule has 2 bridgehead atoms. The number of benzene rings is 10. The van der Waals surface area contributed by atoms with E-state index >= 15 is 0 Å². The van der Waals surface area contributed by atoms with Gasteiger partial charge in [-0.1, -0.05) is 172 Å². The third kappa shape index (κ3) is 6.84. The topological polar surface area (TPSA) is 58.4 Å². The summed E-state index contributed by atoms with van der Waals surface area (Å²) in [4.78, 5) is 18.0. The molecule has 0 saturated heterocycles. The number of aromatic nitrogens is 7. The lowest BCUT2D eigenvalue weighted by molar-refractivity contribution is 0.0720. The predicted molar refractivity (Wildman–Crippen MR) is 335 cm³/mol. The van der Waals surface area contributed by atoms with Gasteiger partial charge in [-0.3, -0.25) is 0 Å². The third-order valence-electron chi connectivity index (χ3n) is 18.5. The molecule has 2 aliphatic carbocycles. The van der Waals surface area contributed by atoms with Crippen molar-refractivity contribution in [1.29, 1.82) is 0 Å². The minimum Gasteiger partial charge on any atom is -0.307 e. The molecule has 15 aromatic rings. The summed E-state index contributed by atoms with van der Waals surface area (Å²) in [5.41, 5.74) is 14.9. The van der Waals surface area contributed by atoms with Gasteiger partial charge in [-0.15, -0.1) is 0 Å². The van der Waals surface area contributed by atoms with Crippen LogP contribution in [0, 0.1) is 17.8 Å². The third-order valence-corrected chi connectivity index (χ3v) is 18.5. The summed E-state index contributed by atoms with van der Waals surface area (Å²) < 4.78 is 9.93. The molecule has 2 unspecified atom stereocenters. The standard InChI is InChI=1S/C74H57N7/c1-46-41-48-42-47(2)44-74(43-46,45-48)73-76-71(57-29-19-39-67(78-59-31-11-3-21-49(59)50-22-4-12-32-60(50)78)69(57)80-63-35-15-7-25-53(63)54-26-8-16-36-64(54)80)75-72(77-73)58-30-20-40-68(79-61-33-13-5-23-51(61)52-24-6-14-34-62(52)79)70(58)81-65-37-17-9-27-55(65)56-28-10-18-38-66(56)81/h3-40,46-48H,41-45H2,1-2H3/t46-,47+,48?,74?. The quantitative estimate of drug-likeness (QED) is 0.160. The Morgan fingerprint density at radius 2 is 0.593 bits per heavy atom. The molecule has 5 heterocycles. The molecule has 4 atom stereocenters. The van der Waals surface area contributed by atoms with Crippen LogP contribution in [-0.4, -0.2) is 33.2 Å². The van der Waals surface area contributed by atoms with E-state index in [2.05, 4.69) is 263 Å². The number of hydrogen-bond acceptors (Lipinski definition) is 3. The van der Waals surface area contributed by atoms with Gasteiger partial charge in [0, 0.05) is 59.6 Å². The minimum atomic E-state index is -0.235. The molecule has 5 aromatic heterocycles. The summed E-state index contributed by atoms with van der Waals surface area (Å²) in [7, 11) is 0. The number of rotatable bonds is 7. The van der Waals surface area contributed by atoms with Gasteiger partial charge < -0.3 is 18.3 Å². The van der Waals surface area contributed by atoms with Crippen molar-refractivity contribution in [3.05, 3.63) is 236 Å². The van der Waals surface area contributed by atoms with E-state index in [1.54, 1.807) is 0 Å². The molecule has 7 heteroatoms. The van der Waals surface area contributed by atoms with Crippen LogP contribution in [0.5, 0.6) is 0 Å². The molecule has 10 aromatic carbocycles. The van der Waals surface area contributed by atoms with E-state index in [1.165, 1.54) is 55.9 Å². The first kappa shape index (κ1) is 46.3. The average Bonchev–Trinajstić information content (AvgIpc) is 4.36. The van der Waals surface area contributed by atoms with E-state index in [0.717, 1.165) is 103 Å². The van der Waals surface area contributed by atoms with Crippen LogP contribution in [0.3, 0.4) is 0 Å². The summed E-state index contributed by atoms with van der Waals surface area (Å²) in [6.45, 7) is 4.93. The maximum Gasteiger partial charge on any atom is 0.165 e. The van der Waals surface area contributed by atoms with Gasteiger partial charge in [0.2, 0.25) is 0 Å². The Balaban J connectivity index is 1.03. The highest BCUT2D eigenvalue weighted by molar-refractivity contribution is 6.14. The fourth-order valence-corrected chi connectivity index (χ4v) is 15.8. The number of nitrogens with zero attached hydrogens (tertiary/aromatic N) is 7. The van der Waals surface area contributed by atoms with E-state index in [0.29, 0.717) is 29.4 Å². The highest BCUT2D eigenvalue weighted by Crippen LogP contribution is 2.54. The Labute approximate surface area is 469 Å². The predicted octanol–water partition coefficient (Wildman–Crippen LogP) is 18.7. The highest BCUT2D eigenvalue weighted by atomic mass is 15.1. The second kappa shape index (κ2) is 17.7. The van der Waals surface area contributed by atoms with Crippen molar-refractivity contribution in [2.75, 3.05) is 0 Å². The summed E-state index contributed by atoms with van der Waals surface area (Å²) >= 11 is 0. The van der Waals surface area contributed by atoms with Gasteiger partial charge >= 0.3 is 0 Å². The normalized spacial score (nSPS) is 18.4. The zero-order chi connectivity index (χ0) is 53.5. The van der Waals surface area contributed by atoms with Gasteiger partial charge in [-0.05, 0) is 123 Å². The molecule has 2 saturated carbocycles. The molecule has 7 nitrogen and oxygen atoms in total. The Morgan fingerprint density at radius 3 is 0.901 bits per heavy atom. The molecule has 2 aliphatic rings. The van der Waals surface area contributed by atoms with E-state index in [4.69, 9.17) is 15.0 Å². The lowest BCUT2D eigenvalue weighted by Gasteiger charge is -2.49. The van der Waals surface area contributed by atoms with Crippen molar-refractivity contribution in [1.82, 2.24) is 33.2 Å². The molecule has 0 radical (unpaired) electrons. The van der Waals surface area contributed by atoms with Crippen molar-refractivity contribution < 1.29 is 0 Å². The molecule has 388 valence electrons. The Hall–Kier alpha value is -9.59. The van der Waals surface area contributed by atoms with Crippen LogP contribution in [-0.2, 0) is 5.41 Å². The van der Waals surface area contributed by atoms with Gasteiger partial charge in [0.05, 0.1) is 66.9 Å². The van der Waals surface area contributed by atoms with Crippen molar-refractivity contribution in [2.45, 2.75) is 51.4 Å². The summed E-state index contributed by atoms with van der Waals surface area (Å²) in [5.74, 6) is 3.95. The van der Waals surface area contributed by atoms with Gasteiger partial charge in [0.15, 0.2) is 11.6 Å². The summed E-state index contributed by atoms with van der Waals surface area (Å²) in [5, 5.41) is 9.64. The van der Waals surface area contributed by atoms with Crippen molar-refractivity contribution in [2.24, 2.45) is 17.8 Å². The number of para-hydroxylation sites is 10. The second-order valence-corrected chi connectivity index (χ2v) is 23.6. The number of hydrogen-bond donors (Lipinski definition) is 0. The molecule has 0 N–H and O–H groups in total. The smallest absolute Gasteiger partial charge is 0.165 e. The zero-order valence-corrected chi connectivity index (χ0v) is 45.3. The monoisotopic (exact) mass is 1040 g/mol. The largest absolute Gasteiger partial charge is 0.307 e. The molecule has 81 heavy (non-hydrogen) atoms. The van der Waals surface area contributed by atoms with Gasteiger partial charge in [0.25, 0.3) is 0 Å². The van der Waals surface area contributed by atoms with Crippen LogP contribution in [0.1, 0.15) is 51.8 Å². The molecule has 0 amide bonds. The van der Waals surface area contributed by atoms with Crippen LogP contribution in [0.25, 0.3) is 133 Å². The van der Waals surface area contributed by atoms with Crippen LogP contribution >= 0.6 is 0 Å². The van der Waals surface area contributed by atoms with E-state index in [1.807, 2.05) is 0 Å². The van der Waals surface area contributed by atoms with Gasteiger partial charge in [-0.25, -0.2) is 15.0 Å². The SMILES string of the molecule is C[C@@H]1CC2C[C@H](C)CC(c3nc(-c4cccc(-n5c6ccccc6c6ccccc65)c4-n4c5ccccc5c5ccccc54)nc(-c4cccc(-n5c6ccccc6c6ccccc65)c4-n4c5ccccc5c5ccccc54)n3)(C2)C1. The highest BCUT2D eigenvalue weighted by Gasteiger charge is 2.48. The fourth-order valence-electron chi connectivity index (χ4n) is 15.8. The summed E-state index contributed by atoms with van der Waals surface area (Å²) in [6, 6.07) is 84.4. The van der Waals surface area contributed by atoms with E-state index in [-0.39, 0.29) is 5.41 Å². The molecule has 17 rings (SSSR count). The maximum absolute atomic E-state index is 6.00. The first-order chi connectivity index (χ1) is 40.0. The fraction of sp³-hybridized carbons (Fsp3) is 0.149. The molecule has 0 aliphatic heterocycles. The summed E-state index contributed by atoms with van der Waals surface area (Å²) in [6.07, 6.45) is 5.65. The first-order valence-electron chi connectivity index (χ1n) is 29.0. The Bertz CT molecular complexity index is 4540. The molecule has 2 fully saturated rings. The lowest BCUT2D eigenvalue weighted by Crippen LogP contribution is -2.43. The van der Waals surface area contributed by atoms with Crippen molar-refractivity contribution in [3.63, 3.8) is 0 Å². The molecular formula is C74H57N7. The first-order valence-corrected chi connectivity index (χ1v) is 29.0. The van der Waals surface area contributed by atoms with E-state index < -0.39 is 0 Å². The van der Waals surface area contributed by atoms with Crippen molar-refractivity contribution in [3.8, 4) is 45.5 Å². The van der Waals surface area contributed by atoms with Crippen LogP contribution < -0.4 is 0 Å². The van der Waals surface area contributed by atoms with Crippen LogP contribution in [0.2, 0.25) is 0 Å². The zero-order valence-electron chi connectivity index (χ0n) is 45.3. The molecule has 0 spiro atoms.